The maximum Gasteiger partial charge on any atom is 0.254 e. The SMILES string of the molecule is CCn1c2ccccc2c2cc(/C=N\NC(=O)CN3CCN(Cc4ccc(C)cc4)CC3)ccc21. The molecule has 1 aliphatic heterocycles. The maximum absolute atomic E-state index is 12.5. The van der Waals surface area contributed by atoms with Crippen LogP contribution in [0.2, 0.25) is 0 Å². The Labute approximate surface area is 206 Å². The van der Waals surface area contributed by atoms with Gasteiger partial charge >= 0.3 is 0 Å². The second-order valence-electron chi connectivity index (χ2n) is 9.37. The summed E-state index contributed by atoms with van der Waals surface area (Å²) in [5.41, 5.74) is 8.77. The summed E-state index contributed by atoms with van der Waals surface area (Å²) in [6, 6.07) is 23.5. The number of carbonyl (C=O) groups is 1. The Bertz CT molecular complexity index is 1350. The Morgan fingerprint density at radius 3 is 2.40 bits per heavy atom. The van der Waals surface area contributed by atoms with Gasteiger partial charge in [0.2, 0.25) is 0 Å². The van der Waals surface area contributed by atoms with Crippen molar-refractivity contribution in [3.8, 4) is 0 Å². The number of aromatic nitrogens is 1. The molecule has 0 radical (unpaired) electrons. The van der Waals surface area contributed by atoms with Gasteiger partial charge in [0.25, 0.3) is 5.91 Å². The topological polar surface area (TPSA) is 52.9 Å². The third-order valence-corrected chi connectivity index (χ3v) is 6.87. The van der Waals surface area contributed by atoms with Crippen molar-refractivity contribution in [3.05, 3.63) is 83.4 Å². The Hall–Kier alpha value is -3.48. The average molecular weight is 468 g/mol. The van der Waals surface area contributed by atoms with Crippen LogP contribution in [0.3, 0.4) is 0 Å². The summed E-state index contributed by atoms with van der Waals surface area (Å²) < 4.78 is 2.33. The molecule has 1 fully saturated rings. The molecule has 2 heterocycles. The fraction of sp³-hybridized carbons (Fsp3) is 0.310. The van der Waals surface area contributed by atoms with Crippen molar-refractivity contribution in [3.63, 3.8) is 0 Å². The molecule has 1 aliphatic rings. The highest BCUT2D eigenvalue weighted by molar-refractivity contribution is 6.09. The van der Waals surface area contributed by atoms with Gasteiger partial charge in [-0.15, -0.1) is 0 Å². The van der Waals surface area contributed by atoms with Crippen LogP contribution in [0.5, 0.6) is 0 Å². The minimum absolute atomic E-state index is 0.0723. The number of carbonyl (C=O) groups excluding carboxylic acids is 1. The summed E-state index contributed by atoms with van der Waals surface area (Å²) in [4.78, 5) is 17.1. The van der Waals surface area contributed by atoms with Gasteiger partial charge in [0.05, 0.1) is 12.8 Å². The minimum Gasteiger partial charge on any atom is -0.341 e. The summed E-state index contributed by atoms with van der Waals surface area (Å²) in [5.74, 6) is -0.0723. The number of rotatable bonds is 7. The number of hydrogen-bond acceptors (Lipinski definition) is 4. The average Bonchev–Trinajstić information content (AvgIpc) is 3.19. The second-order valence-corrected chi connectivity index (χ2v) is 9.37. The predicted molar refractivity (Wildman–Crippen MR) is 144 cm³/mol. The van der Waals surface area contributed by atoms with Gasteiger partial charge in [-0.3, -0.25) is 14.6 Å². The first kappa shape index (κ1) is 23.3. The fourth-order valence-electron chi connectivity index (χ4n) is 4.97. The van der Waals surface area contributed by atoms with Crippen LogP contribution in [0.25, 0.3) is 21.8 Å². The molecule has 1 aromatic heterocycles. The summed E-state index contributed by atoms with van der Waals surface area (Å²) >= 11 is 0. The Morgan fingerprint density at radius 2 is 1.63 bits per heavy atom. The number of aryl methyl sites for hydroxylation is 2. The molecule has 0 aliphatic carbocycles. The van der Waals surface area contributed by atoms with E-state index in [4.69, 9.17) is 0 Å². The molecular weight excluding hydrogens is 434 g/mol. The van der Waals surface area contributed by atoms with Crippen LogP contribution in [0.1, 0.15) is 23.6 Å². The number of hydrazone groups is 1. The van der Waals surface area contributed by atoms with Gasteiger partial charge in [-0.05, 0) is 43.2 Å². The zero-order valence-corrected chi connectivity index (χ0v) is 20.6. The summed E-state index contributed by atoms with van der Waals surface area (Å²) in [6.45, 7) is 10.3. The molecule has 1 amide bonds. The highest BCUT2D eigenvalue weighted by atomic mass is 16.2. The minimum atomic E-state index is -0.0723. The van der Waals surface area contributed by atoms with E-state index < -0.39 is 0 Å². The van der Waals surface area contributed by atoms with E-state index in [0.29, 0.717) is 6.54 Å². The first-order valence-electron chi connectivity index (χ1n) is 12.4. The molecule has 4 aromatic rings. The van der Waals surface area contributed by atoms with Crippen molar-refractivity contribution in [1.82, 2.24) is 19.8 Å². The quantitative estimate of drug-likeness (QED) is 0.324. The molecule has 3 aromatic carbocycles. The number of para-hydroxylation sites is 1. The number of amides is 1. The zero-order chi connectivity index (χ0) is 24.2. The number of hydrogen-bond donors (Lipinski definition) is 1. The second kappa shape index (κ2) is 10.4. The van der Waals surface area contributed by atoms with Crippen molar-refractivity contribution in [2.45, 2.75) is 26.9 Å². The Balaban J connectivity index is 1.14. The van der Waals surface area contributed by atoms with Crippen molar-refractivity contribution in [2.24, 2.45) is 5.10 Å². The third-order valence-electron chi connectivity index (χ3n) is 6.87. The van der Waals surface area contributed by atoms with Crippen molar-refractivity contribution >= 4 is 33.9 Å². The van der Waals surface area contributed by atoms with Crippen molar-refractivity contribution < 1.29 is 4.79 Å². The molecule has 6 heteroatoms. The van der Waals surface area contributed by atoms with Gasteiger partial charge in [0.1, 0.15) is 0 Å². The molecule has 1 N–H and O–H groups in total. The van der Waals surface area contributed by atoms with Gasteiger partial charge in [0, 0.05) is 61.1 Å². The Morgan fingerprint density at radius 1 is 0.914 bits per heavy atom. The van der Waals surface area contributed by atoms with Gasteiger partial charge in [-0.25, -0.2) is 5.43 Å². The lowest BCUT2D eigenvalue weighted by atomic mass is 10.1. The van der Waals surface area contributed by atoms with Gasteiger partial charge in [0.15, 0.2) is 0 Å². The summed E-state index contributed by atoms with van der Waals surface area (Å²) in [7, 11) is 0. The van der Waals surface area contributed by atoms with E-state index in [0.717, 1.165) is 44.8 Å². The zero-order valence-electron chi connectivity index (χ0n) is 20.6. The first-order chi connectivity index (χ1) is 17.1. The number of benzene rings is 3. The van der Waals surface area contributed by atoms with E-state index >= 15 is 0 Å². The molecule has 0 saturated carbocycles. The summed E-state index contributed by atoms with van der Waals surface area (Å²) in [5, 5.41) is 6.68. The fourth-order valence-corrected chi connectivity index (χ4v) is 4.97. The molecule has 0 spiro atoms. The third kappa shape index (κ3) is 5.29. The molecule has 0 atom stereocenters. The lowest BCUT2D eigenvalue weighted by Gasteiger charge is -2.34. The van der Waals surface area contributed by atoms with Crippen LogP contribution < -0.4 is 5.43 Å². The van der Waals surface area contributed by atoms with Crippen LogP contribution in [0.15, 0.2) is 71.8 Å². The number of piperazine rings is 1. The highest BCUT2D eigenvalue weighted by Crippen LogP contribution is 2.29. The van der Waals surface area contributed by atoms with E-state index in [1.54, 1.807) is 6.21 Å². The molecule has 0 bridgehead atoms. The molecular formula is C29H33N5O. The van der Waals surface area contributed by atoms with Gasteiger partial charge < -0.3 is 4.57 Å². The molecule has 35 heavy (non-hydrogen) atoms. The lowest BCUT2D eigenvalue weighted by Crippen LogP contribution is -2.48. The van der Waals surface area contributed by atoms with Crippen LogP contribution >= 0.6 is 0 Å². The van der Waals surface area contributed by atoms with Crippen LogP contribution in [0, 0.1) is 6.92 Å². The van der Waals surface area contributed by atoms with E-state index in [2.05, 4.69) is 105 Å². The molecule has 1 saturated heterocycles. The lowest BCUT2D eigenvalue weighted by molar-refractivity contribution is -0.122. The van der Waals surface area contributed by atoms with E-state index in [-0.39, 0.29) is 5.91 Å². The maximum atomic E-state index is 12.5. The number of fused-ring (bicyclic) bond motifs is 3. The van der Waals surface area contributed by atoms with E-state index in [1.165, 1.54) is 32.9 Å². The Kier molecular flexibility index (Phi) is 6.93. The van der Waals surface area contributed by atoms with Gasteiger partial charge in [-0.1, -0.05) is 54.1 Å². The monoisotopic (exact) mass is 467 g/mol. The van der Waals surface area contributed by atoms with Crippen LogP contribution in [-0.4, -0.2) is 59.2 Å². The van der Waals surface area contributed by atoms with Crippen molar-refractivity contribution in [2.75, 3.05) is 32.7 Å². The highest BCUT2D eigenvalue weighted by Gasteiger charge is 2.19. The molecule has 6 nitrogen and oxygen atoms in total. The number of nitrogens with one attached hydrogen (secondary N) is 1. The normalized spacial score (nSPS) is 15.4. The van der Waals surface area contributed by atoms with E-state index in [1.807, 2.05) is 0 Å². The summed E-state index contributed by atoms with van der Waals surface area (Å²) in [6.07, 6.45) is 1.73. The largest absolute Gasteiger partial charge is 0.341 e. The number of nitrogens with zero attached hydrogens (tertiary/aromatic N) is 4. The van der Waals surface area contributed by atoms with E-state index in [9.17, 15) is 4.79 Å². The van der Waals surface area contributed by atoms with Gasteiger partial charge in [-0.2, -0.15) is 5.10 Å². The molecule has 0 unspecified atom stereocenters. The van der Waals surface area contributed by atoms with Crippen LogP contribution in [-0.2, 0) is 17.9 Å². The molecule has 180 valence electrons. The molecule has 5 rings (SSSR count). The standard InChI is InChI=1S/C29H33N5O/c1-3-34-27-7-5-4-6-25(27)26-18-24(12-13-28(26)34)19-30-31-29(35)21-33-16-14-32(15-17-33)20-23-10-8-22(2)9-11-23/h4-13,18-19H,3,14-17,20-21H2,1-2H3,(H,31,35)/b30-19-. The predicted octanol–water partition coefficient (Wildman–Crippen LogP) is 4.39. The first-order valence-corrected chi connectivity index (χ1v) is 12.4. The van der Waals surface area contributed by atoms with Crippen LogP contribution in [0.4, 0.5) is 0 Å². The van der Waals surface area contributed by atoms with Crippen molar-refractivity contribution in [1.29, 1.82) is 0 Å². The smallest absolute Gasteiger partial charge is 0.254 e.